The molecule has 0 heterocycles. The molecular formula is C13H17NS. The summed E-state index contributed by atoms with van der Waals surface area (Å²) in [6, 6.07) is 12.7. The summed E-state index contributed by atoms with van der Waals surface area (Å²) in [7, 11) is 0. The van der Waals surface area contributed by atoms with Gasteiger partial charge in [-0.3, -0.25) is 0 Å². The molecule has 0 unspecified atom stereocenters. The van der Waals surface area contributed by atoms with Gasteiger partial charge in [-0.25, -0.2) is 0 Å². The van der Waals surface area contributed by atoms with Crippen molar-refractivity contribution in [2.24, 2.45) is 5.41 Å². The normalized spacial score (nSPS) is 11.0. The summed E-state index contributed by atoms with van der Waals surface area (Å²) in [6.07, 6.45) is 2.07. The topological polar surface area (TPSA) is 23.8 Å². The first kappa shape index (κ1) is 12.1. The summed E-state index contributed by atoms with van der Waals surface area (Å²) >= 11 is 1.86. The number of nitrogens with zero attached hydrogens (tertiary/aromatic N) is 1. The minimum absolute atomic E-state index is 0.169. The third-order valence-corrected chi connectivity index (χ3v) is 3.36. The SMILES string of the molecule is CC(C)(C#N)CCCSc1ccccc1. The molecule has 0 aromatic heterocycles. The van der Waals surface area contributed by atoms with Gasteiger partial charge in [-0.15, -0.1) is 11.8 Å². The molecule has 0 saturated heterocycles. The highest BCUT2D eigenvalue weighted by atomic mass is 32.2. The van der Waals surface area contributed by atoms with Crippen LogP contribution in [0.5, 0.6) is 0 Å². The van der Waals surface area contributed by atoms with Gasteiger partial charge in [0.25, 0.3) is 0 Å². The number of hydrogen-bond donors (Lipinski definition) is 0. The Kier molecular flexibility index (Phi) is 4.71. The lowest BCUT2D eigenvalue weighted by molar-refractivity contribution is 0.448. The molecular weight excluding hydrogens is 202 g/mol. The fraction of sp³-hybridized carbons (Fsp3) is 0.462. The highest BCUT2D eigenvalue weighted by molar-refractivity contribution is 7.99. The van der Waals surface area contributed by atoms with E-state index in [1.807, 2.05) is 31.7 Å². The van der Waals surface area contributed by atoms with Crippen LogP contribution in [0.2, 0.25) is 0 Å². The maximum atomic E-state index is 8.85. The number of thioether (sulfide) groups is 1. The molecule has 1 aromatic rings. The number of nitriles is 1. The molecule has 0 fully saturated rings. The van der Waals surface area contributed by atoms with Gasteiger partial charge in [0.2, 0.25) is 0 Å². The Morgan fingerprint density at radius 2 is 1.93 bits per heavy atom. The van der Waals surface area contributed by atoms with Crippen LogP contribution in [0.4, 0.5) is 0 Å². The molecule has 0 spiro atoms. The maximum Gasteiger partial charge on any atom is 0.0683 e. The molecule has 0 radical (unpaired) electrons. The van der Waals surface area contributed by atoms with Crippen molar-refractivity contribution in [1.82, 2.24) is 0 Å². The quantitative estimate of drug-likeness (QED) is 0.549. The van der Waals surface area contributed by atoms with Gasteiger partial charge in [-0.2, -0.15) is 5.26 Å². The number of benzene rings is 1. The van der Waals surface area contributed by atoms with Gasteiger partial charge in [0.05, 0.1) is 11.5 Å². The van der Waals surface area contributed by atoms with E-state index in [0.717, 1.165) is 18.6 Å². The second kappa shape index (κ2) is 5.82. The monoisotopic (exact) mass is 219 g/mol. The minimum atomic E-state index is -0.169. The standard InChI is InChI=1S/C13H17NS/c1-13(2,11-14)9-6-10-15-12-7-4-3-5-8-12/h3-5,7-8H,6,9-10H2,1-2H3. The predicted molar refractivity (Wildman–Crippen MR) is 65.8 cm³/mol. The van der Waals surface area contributed by atoms with Crippen molar-refractivity contribution in [2.75, 3.05) is 5.75 Å². The molecule has 0 aliphatic carbocycles. The maximum absolute atomic E-state index is 8.85. The minimum Gasteiger partial charge on any atom is -0.198 e. The molecule has 0 amide bonds. The second-order valence-electron chi connectivity index (χ2n) is 4.26. The zero-order valence-corrected chi connectivity index (χ0v) is 10.2. The van der Waals surface area contributed by atoms with E-state index in [2.05, 4.69) is 30.3 Å². The highest BCUT2D eigenvalue weighted by Gasteiger charge is 2.15. The van der Waals surface area contributed by atoms with E-state index in [-0.39, 0.29) is 5.41 Å². The van der Waals surface area contributed by atoms with Crippen molar-refractivity contribution in [3.63, 3.8) is 0 Å². The van der Waals surface area contributed by atoms with Gasteiger partial charge < -0.3 is 0 Å². The van der Waals surface area contributed by atoms with Crippen LogP contribution >= 0.6 is 11.8 Å². The fourth-order valence-electron chi connectivity index (χ4n) is 1.28. The Bertz CT molecular complexity index is 324. The van der Waals surface area contributed by atoms with Crippen molar-refractivity contribution >= 4 is 11.8 Å². The first-order valence-electron chi connectivity index (χ1n) is 5.23. The molecule has 2 heteroatoms. The molecule has 0 atom stereocenters. The summed E-state index contributed by atoms with van der Waals surface area (Å²) in [5.74, 6) is 1.09. The van der Waals surface area contributed by atoms with Gasteiger partial charge >= 0.3 is 0 Å². The summed E-state index contributed by atoms with van der Waals surface area (Å²) in [5, 5.41) is 8.85. The third kappa shape index (κ3) is 4.90. The molecule has 15 heavy (non-hydrogen) atoms. The van der Waals surface area contributed by atoms with Crippen LogP contribution in [0.1, 0.15) is 26.7 Å². The fourth-order valence-corrected chi connectivity index (χ4v) is 2.15. The van der Waals surface area contributed by atoms with E-state index in [1.165, 1.54) is 4.90 Å². The lowest BCUT2D eigenvalue weighted by atomic mass is 9.90. The largest absolute Gasteiger partial charge is 0.198 e. The van der Waals surface area contributed by atoms with Crippen LogP contribution in [0, 0.1) is 16.7 Å². The Hall–Kier alpha value is -0.940. The van der Waals surface area contributed by atoms with Gasteiger partial charge in [-0.05, 0) is 44.6 Å². The van der Waals surface area contributed by atoms with Gasteiger partial charge in [-0.1, -0.05) is 18.2 Å². The second-order valence-corrected chi connectivity index (χ2v) is 5.43. The van der Waals surface area contributed by atoms with Crippen molar-refractivity contribution in [1.29, 1.82) is 5.26 Å². The summed E-state index contributed by atoms with van der Waals surface area (Å²) in [6.45, 7) is 4.00. The Morgan fingerprint density at radius 1 is 1.27 bits per heavy atom. The van der Waals surface area contributed by atoms with Crippen molar-refractivity contribution in [3.8, 4) is 6.07 Å². The number of hydrogen-bond acceptors (Lipinski definition) is 2. The smallest absolute Gasteiger partial charge is 0.0683 e. The van der Waals surface area contributed by atoms with E-state index in [4.69, 9.17) is 5.26 Å². The molecule has 1 aromatic carbocycles. The molecule has 1 nitrogen and oxygen atoms in total. The molecule has 0 aliphatic rings. The summed E-state index contributed by atoms with van der Waals surface area (Å²) < 4.78 is 0. The van der Waals surface area contributed by atoms with Gasteiger partial charge in [0.1, 0.15) is 0 Å². The van der Waals surface area contributed by atoms with Crippen molar-refractivity contribution in [3.05, 3.63) is 30.3 Å². The molecule has 80 valence electrons. The molecule has 0 bridgehead atoms. The van der Waals surface area contributed by atoms with E-state index in [1.54, 1.807) is 0 Å². The van der Waals surface area contributed by atoms with E-state index in [0.29, 0.717) is 0 Å². The van der Waals surface area contributed by atoms with E-state index < -0.39 is 0 Å². The third-order valence-electron chi connectivity index (χ3n) is 2.26. The molecule has 0 N–H and O–H groups in total. The van der Waals surface area contributed by atoms with Crippen LogP contribution in [-0.4, -0.2) is 5.75 Å². The summed E-state index contributed by atoms with van der Waals surface area (Å²) in [4.78, 5) is 1.31. The summed E-state index contributed by atoms with van der Waals surface area (Å²) in [5.41, 5.74) is -0.169. The Balaban J connectivity index is 2.21. The first-order valence-corrected chi connectivity index (χ1v) is 6.22. The van der Waals surface area contributed by atoms with Gasteiger partial charge in [0.15, 0.2) is 0 Å². The zero-order chi connectivity index (χ0) is 11.1. The number of rotatable bonds is 5. The van der Waals surface area contributed by atoms with Crippen LogP contribution in [0.15, 0.2) is 35.2 Å². The van der Waals surface area contributed by atoms with Crippen LogP contribution in [0.3, 0.4) is 0 Å². The van der Waals surface area contributed by atoms with Crippen LogP contribution in [0.25, 0.3) is 0 Å². The van der Waals surface area contributed by atoms with Crippen molar-refractivity contribution < 1.29 is 0 Å². The van der Waals surface area contributed by atoms with Crippen LogP contribution < -0.4 is 0 Å². The van der Waals surface area contributed by atoms with Crippen LogP contribution in [-0.2, 0) is 0 Å². The predicted octanol–water partition coefficient (Wildman–Crippen LogP) is 4.11. The van der Waals surface area contributed by atoms with E-state index in [9.17, 15) is 0 Å². The Labute approximate surface area is 96.5 Å². The lowest BCUT2D eigenvalue weighted by Gasteiger charge is -2.13. The molecule has 1 rings (SSSR count). The zero-order valence-electron chi connectivity index (χ0n) is 9.36. The lowest BCUT2D eigenvalue weighted by Crippen LogP contribution is -2.07. The molecule has 0 aliphatic heterocycles. The highest BCUT2D eigenvalue weighted by Crippen LogP contribution is 2.24. The first-order chi connectivity index (χ1) is 7.14. The molecule has 0 saturated carbocycles. The van der Waals surface area contributed by atoms with Crippen molar-refractivity contribution in [2.45, 2.75) is 31.6 Å². The average molecular weight is 219 g/mol. The average Bonchev–Trinajstić information content (AvgIpc) is 2.26. The van der Waals surface area contributed by atoms with E-state index >= 15 is 0 Å². The Morgan fingerprint density at radius 3 is 2.53 bits per heavy atom. The van der Waals surface area contributed by atoms with Gasteiger partial charge in [0, 0.05) is 4.90 Å².